The second kappa shape index (κ2) is 13.1. The summed E-state index contributed by atoms with van der Waals surface area (Å²) in [6.07, 6.45) is 0.798. The van der Waals surface area contributed by atoms with Crippen molar-refractivity contribution in [3.63, 3.8) is 0 Å². The average molecular weight is 505 g/mol. The van der Waals surface area contributed by atoms with Crippen LogP contribution >= 0.6 is 24.0 Å². The van der Waals surface area contributed by atoms with Crippen LogP contribution in [0.15, 0.2) is 53.5 Å². The Labute approximate surface area is 181 Å². The molecular formula is C20H26F2IN3O2. The van der Waals surface area contributed by atoms with Gasteiger partial charge in [0.25, 0.3) is 0 Å². The summed E-state index contributed by atoms with van der Waals surface area (Å²) in [6.45, 7) is 0.711. The summed E-state index contributed by atoms with van der Waals surface area (Å²) in [5.74, 6) is 1.58. The molecular weight excluding hydrogens is 479 g/mol. The topological polar surface area (TPSA) is 54.9 Å². The van der Waals surface area contributed by atoms with E-state index < -0.39 is 6.61 Å². The monoisotopic (exact) mass is 505 g/mol. The zero-order valence-corrected chi connectivity index (χ0v) is 18.3. The number of rotatable bonds is 9. The lowest BCUT2D eigenvalue weighted by Crippen LogP contribution is -2.38. The molecule has 2 N–H and O–H groups in total. The molecule has 0 bridgehead atoms. The fourth-order valence-corrected chi connectivity index (χ4v) is 2.50. The minimum absolute atomic E-state index is 0. The zero-order valence-electron chi connectivity index (χ0n) is 16.0. The molecule has 0 saturated carbocycles. The number of nitrogens with one attached hydrogen (secondary N) is 2. The third-order valence-electron chi connectivity index (χ3n) is 3.78. The van der Waals surface area contributed by atoms with E-state index in [2.05, 4.69) is 20.4 Å². The van der Waals surface area contributed by atoms with Crippen molar-refractivity contribution in [2.24, 2.45) is 4.99 Å². The Hall–Kier alpha value is -2.10. The van der Waals surface area contributed by atoms with Crippen molar-refractivity contribution >= 4 is 29.9 Å². The lowest BCUT2D eigenvalue weighted by molar-refractivity contribution is -0.0504. The van der Waals surface area contributed by atoms with E-state index in [1.54, 1.807) is 25.3 Å². The van der Waals surface area contributed by atoms with Crippen LogP contribution in [-0.2, 0) is 13.0 Å². The zero-order chi connectivity index (χ0) is 19.5. The van der Waals surface area contributed by atoms with Gasteiger partial charge in [0.2, 0.25) is 0 Å². The van der Waals surface area contributed by atoms with Gasteiger partial charge in [-0.15, -0.1) is 24.0 Å². The van der Waals surface area contributed by atoms with Crippen molar-refractivity contribution in [2.75, 3.05) is 20.2 Å². The molecule has 0 atom stereocenters. The second-order valence-electron chi connectivity index (χ2n) is 5.71. The average Bonchev–Trinajstić information content (AvgIpc) is 2.67. The van der Waals surface area contributed by atoms with E-state index in [1.165, 1.54) is 6.07 Å². The van der Waals surface area contributed by atoms with Crippen molar-refractivity contribution in [1.29, 1.82) is 0 Å². The molecule has 0 fully saturated rings. The van der Waals surface area contributed by atoms with Crippen molar-refractivity contribution in [2.45, 2.75) is 26.5 Å². The fourth-order valence-electron chi connectivity index (χ4n) is 2.50. The Kier molecular flexibility index (Phi) is 11.2. The van der Waals surface area contributed by atoms with Crippen molar-refractivity contribution in [3.05, 3.63) is 59.7 Å². The first-order chi connectivity index (χ1) is 13.1. The molecule has 0 amide bonds. The van der Waals surface area contributed by atoms with E-state index in [4.69, 9.17) is 4.74 Å². The number of hydrogen-bond donors (Lipinski definition) is 2. The number of ether oxygens (including phenoxy) is 2. The van der Waals surface area contributed by atoms with Crippen LogP contribution in [0.5, 0.6) is 11.5 Å². The third-order valence-corrected chi connectivity index (χ3v) is 3.78. The number of halogens is 3. The van der Waals surface area contributed by atoms with E-state index in [0.29, 0.717) is 24.6 Å². The van der Waals surface area contributed by atoms with Gasteiger partial charge in [-0.3, -0.25) is 0 Å². The van der Waals surface area contributed by atoms with Crippen LogP contribution in [0.4, 0.5) is 8.78 Å². The molecule has 8 heteroatoms. The summed E-state index contributed by atoms with van der Waals surface area (Å²) >= 11 is 0. The number of nitrogens with zero attached hydrogens (tertiary/aromatic N) is 1. The lowest BCUT2D eigenvalue weighted by Gasteiger charge is -2.13. The van der Waals surface area contributed by atoms with Crippen molar-refractivity contribution in [3.8, 4) is 11.5 Å². The second-order valence-corrected chi connectivity index (χ2v) is 5.71. The Morgan fingerprint density at radius 1 is 1.11 bits per heavy atom. The highest BCUT2D eigenvalue weighted by Gasteiger charge is 2.09. The number of aliphatic imine (C=N–C) groups is 1. The smallest absolute Gasteiger partial charge is 0.387 e. The maximum absolute atomic E-state index is 12.5. The molecule has 0 radical (unpaired) electrons. The van der Waals surface area contributed by atoms with Gasteiger partial charge in [0.05, 0.1) is 13.7 Å². The predicted octanol–water partition coefficient (Wildman–Crippen LogP) is 4.21. The van der Waals surface area contributed by atoms with Crippen LogP contribution in [0.2, 0.25) is 0 Å². The Morgan fingerprint density at radius 3 is 2.61 bits per heavy atom. The molecule has 28 heavy (non-hydrogen) atoms. The van der Waals surface area contributed by atoms with E-state index in [-0.39, 0.29) is 36.3 Å². The molecule has 0 aliphatic heterocycles. The Morgan fingerprint density at radius 2 is 1.89 bits per heavy atom. The molecule has 0 spiro atoms. The van der Waals surface area contributed by atoms with Gasteiger partial charge in [-0.25, -0.2) is 4.99 Å². The minimum Gasteiger partial charge on any atom is -0.497 e. The molecule has 0 heterocycles. The summed E-state index contributed by atoms with van der Waals surface area (Å²) < 4.78 is 34.8. The van der Waals surface area contributed by atoms with Crippen molar-refractivity contribution in [1.82, 2.24) is 10.6 Å². The Balaban J connectivity index is 0.00000392. The number of para-hydroxylation sites is 1. The molecule has 5 nitrogen and oxygen atoms in total. The van der Waals surface area contributed by atoms with Gasteiger partial charge in [-0.1, -0.05) is 30.3 Å². The summed E-state index contributed by atoms with van der Waals surface area (Å²) in [5.41, 5.74) is 1.75. The number of guanidine groups is 1. The SMILES string of the molecule is CCNC(=NCc1ccccc1OC(F)F)NCCc1cccc(OC)c1.I. The van der Waals surface area contributed by atoms with Gasteiger partial charge in [0.1, 0.15) is 11.5 Å². The number of hydrogen-bond acceptors (Lipinski definition) is 3. The predicted molar refractivity (Wildman–Crippen MR) is 118 cm³/mol. The van der Waals surface area contributed by atoms with Crippen LogP contribution in [0.25, 0.3) is 0 Å². The number of benzene rings is 2. The molecule has 2 rings (SSSR count). The first-order valence-corrected chi connectivity index (χ1v) is 8.80. The number of alkyl halides is 2. The lowest BCUT2D eigenvalue weighted by atomic mass is 10.1. The summed E-state index contributed by atoms with van der Waals surface area (Å²) in [4.78, 5) is 4.46. The molecule has 0 unspecified atom stereocenters. The highest BCUT2D eigenvalue weighted by atomic mass is 127. The Bertz CT molecular complexity index is 745. The van der Waals surface area contributed by atoms with Crippen LogP contribution in [0, 0.1) is 0 Å². The van der Waals surface area contributed by atoms with E-state index in [0.717, 1.165) is 17.7 Å². The van der Waals surface area contributed by atoms with Gasteiger partial charge in [0.15, 0.2) is 5.96 Å². The van der Waals surface area contributed by atoms with E-state index >= 15 is 0 Å². The number of methoxy groups -OCH3 is 1. The highest BCUT2D eigenvalue weighted by Crippen LogP contribution is 2.21. The maximum atomic E-state index is 12.5. The molecule has 2 aromatic carbocycles. The minimum atomic E-state index is -2.86. The van der Waals surface area contributed by atoms with Gasteiger partial charge >= 0.3 is 6.61 Å². The van der Waals surface area contributed by atoms with Crippen molar-refractivity contribution < 1.29 is 18.3 Å². The van der Waals surface area contributed by atoms with Gasteiger partial charge in [0, 0.05) is 18.7 Å². The highest BCUT2D eigenvalue weighted by molar-refractivity contribution is 14.0. The first-order valence-electron chi connectivity index (χ1n) is 8.80. The molecule has 2 aromatic rings. The molecule has 0 aliphatic carbocycles. The van der Waals surface area contributed by atoms with Crippen LogP contribution < -0.4 is 20.1 Å². The summed E-state index contributed by atoms with van der Waals surface area (Å²) in [7, 11) is 1.64. The van der Waals surface area contributed by atoms with E-state index in [1.807, 2.05) is 31.2 Å². The first kappa shape index (κ1) is 23.9. The van der Waals surface area contributed by atoms with Crippen LogP contribution in [0.3, 0.4) is 0 Å². The normalized spacial score (nSPS) is 11.0. The molecule has 0 saturated heterocycles. The van der Waals surface area contributed by atoms with Gasteiger partial charge < -0.3 is 20.1 Å². The summed E-state index contributed by atoms with van der Waals surface area (Å²) in [6, 6.07) is 14.5. The standard InChI is InChI=1S/C20H25F2N3O2.HI/c1-3-23-20(24-12-11-15-7-6-9-17(13-15)26-2)25-14-16-8-4-5-10-18(16)27-19(21)22;/h4-10,13,19H,3,11-12,14H2,1-2H3,(H2,23,24,25);1H. The maximum Gasteiger partial charge on any atom is 0.387 e. The molecule has 0 aromatic heterocycles. The van der Waals surface area contributed by atoms with Crippen LogP contribution in [-0.4, -0.2) is 32.8 Å². The van der Waals surface area contributed by atoms with Gasteiger partial charge in [-0.2, -0.15) is 8.78 Å². The van der Waals surface area contributed by atoms with Crippen LogP contribution in [0.1, 0.15) is 18.1 Å². The quantitative estimate of drug-likeness (QED) is 0.305. The molecule has 154 valence electrons. The van der Waals surface area contributed by atoms with Gasteiger partial charge in [-0.05, 0) is 37.1 Å². The third kappa shape index (κ3) is 8.28. The summed E-state index contributed by atoms with van der Waals surface area (Å²) in [5, 5.41) is 6.39. The fraction of sp³-hybridized carbons (Fsp3) is 0.350. The molecule has 0 aliphatic rings. The largest absolute Gasteiger partial charge is 0.497 e. The van der Waals surface area contributed by atoms with E-state index in [9.17, 15) is 8.78 Å².